The van der Waals surface area contributed by atoms with E-state index >= 15 is 0 Å². The highest BCUT2D eigenvalue weighted by atomic mass is 16.1. The minimum atomic E-state index is 0.111. The molecule has 1 unspecified atom stereocenters. The SMILES string of the molecule is CC(C(=O)NCCc1ccn(C)n1)C1CNC1. The van der Waals surface area contributed by atoms with Gasteiger partial charge in [-0.1, -0.05) is 6.92 Å². The minimum absolute atomic E-state index is 0.111. The highest BCUT2D eigenvalue weighted by Gasteiger charge is 2.28. The molecule has 2 heterocycles. The second kappa shape index (κ2) is 5.31. The lowest BCUT2D eigenvalue weighted by Gasteiger charge is -2.31. The van der Waals surface area contributed by atoms with Crippen LogP contribution in [-0.2, 0) is 18.3 Å². The van der Waals surface area contributed by atoms with Gasteiger partial charge in [-0.2, -0.15) is 5.10 Å². The molecule has 0 radical (unpaired) electrons. The van der Waals surface area contributed by atoms with Crippen LogP contribution in [0.1, 0.15) is 12.6 Å². The maximum atomic E-state index is 11.8. The third-order valence-electron chi connectivity index (χ3n) is 3.38. The summed E-state index contributed by atoms with van der Waals surface area (Å²) in [7, 11) is 1.90. The Labute approximate surface area is 102 Å². The number of rotatable bonds is 5. The van der Waals surface area contributed by atoms with Crippen molar-refractivity contribution in [1.29, 1.82) is 0 Å². The number of aromatic nitrogens is 2. The second-order valence-electron chi connectivity index (χ2n) is 4.73. The number of nitrogens with zero attached hydrogens (tertiary/aromatic N) is 2. The van der Waals surface area contributed by atoms with E-state index in [0.717, 1.165) is 25.2 Å². The molecule has 1 aliphatic heterocycles. The Kier molecular flexibility index (Phi) is 3.78. The van der Waals surface area contributed by atoms with Crippen LogP contribution in [0, 0.1) is 11.8 Å². The van der Waals surface area contributed by atoms with Crippen LogP contribution in [0.4, 0.5) is 0 Å². The van der Waals surface area contributed by atoms with Gasteiger partial charge in [0.1, 0.15) is 0 Å². The van der Waals surface area contributed by atoms with Gasteiger partial charge in [0.25, 0.3) is 0 Å². The topological polar surface area (TPSA) is 59.0 Å². The van der Waals surface area contributed by atoms with Crippen molar-refractivity contribution in [2.75, 3.05) is 19.6 Å². The average molecular weight is 236 g/mol. The molecular formula is C12H20N4O. The summed E-state index contributed by atoms with van der Waals surface area (Å²) in [5.41, 5.74) is 1.02. The lowest BCUT2D eigenvalue weighted by molar-refractivity contribution is -0.126. The fourth-order valence-corrected chi connectivity index (χ4v) is 1.95. The largest absolute Gasteiger partial charge is 0.355 e. The van der Waals surface area contributed by atoms with Gasteiger partial charge in [0, 0.05) is 32.1 Å². The third kappa shape index (κ3) is 3.06. The van der Waals surface area contributed by atoms with Crippen molar-refractivity contribution in [2.45, 2.75) is 13.3 Å². The monoisotopic (exact) mass is 236 g/mol. The highest BCUT2D eigenvalue weighted by Crippen LogP contribution is 2.15. The summed E-state index contributed by atoms with van der Waals surface area (Å²) in [6.45, 7) is 4.60. The van der Waals surface area contributed by atoms with Crippen molar-refractivity contribution in [3.05, 3.63) is 18.0 Å². The molecule has 1 aromatic heterocycles. The molecule has 0 aliphatic carbocycles. The summed E-state index contributed by atoms with van der Waals surface area (Å²) in [5.74, 6) is 0.775. The van der Waals surface area contributed by atoms with E-state index in [1.807, 2.05) is 26.2 Å². The van der Waals surface area contributed by atoms with Crippen LogP contribution in [0.5, 0.6) is 0 Å². The summed E-state index contributed by atoms with van der Waals surface area (Å²) < 4.78 is 1.78. The summed E-state index contributed by atoms with van der Waals surface area (Å²) in [4.78, 5) is 11.8. The number of amides is 1. The summed E-state index contributed by atoms with van der Waals surface area (Å²) in [6, 6.07) is 1.98. The lowest BCUT2D eigenvalue weighted by Crippen LogP contribution is -2.49. The highest BCUT2D eigenvalue weighted by molar-refractivity contribution is 5.78. The van der Waals surface area contributed by atoms with Gasteiger partial charge >= 0.3 is 0 Å². The number of aryl methyl sites for hydroxylation is 1. The van der Waals surface area contributed by atoms with Crippen molar-refractivity contribution in [3.63, 3.8) is 0 Å². The Hall–Kier alpha value is -1.36. The number of nitrogens with one attached hydrogen (secondary N) is 2. The standard InChI is InChI=1S/C12H20N4O/c1-9(10-7-13-8-10)12(17)14-5-3-11-4-6-16(2)15-11/h4,6,9-10,13H,3,5,7-8H2,1-2H3,(H,14,17). The summed E-state index contributed by atoms with van der Waals surface area (Å²) in [5, 5.41) is 10.4. The van der Waals surface area contributed by atoms with E-state index in [1.54, 1.807) is 4.68 Å². The zero-order valence-electron chi connectivity index (χ0n) is 10.4. The van der Waals surface area contributed by atoms with Crippen molar-refractivity contribution in [2.24, 2.45) is 18.9 Å². The Morgan fingerprint density at radius 2 is 2.47 bits per heavy atom. The molecule has 1 saturated heterocycles. The molecule has 0 saturated carbocycles. The molecule has 2 rings (SSSR count). The van der Waals surface area contributed by atoms with E-state index in [4.69, 9.17) is 0 Å². The van der Waals surface area contributed by atoms with Crippen molar-refractivity contribution < 1.29 is 4.79 Å². The van der Waals surface area contributed by atoms with E-state index in [2.05, 4.69) is 15.7 Å². The fraction of sp³-hybridized carbons (Fsp3) is 0.667. The van der Waals surface area contributed by atoms with E-state index in [-0.39, 0.29) is 11.8 Å². The maximum Gasteiger partial charge on any atom is 0.223 e. The van der Waals surface area contributed by atoms with Gasteiger partial charge in [-0.15, -0.1) is 0 Å². The van der Waals surface area contributed by atoms with Gasteiger partial charge in [0.2, 0.25) is 5.91 Å². The maximum absolute atomic E-state index is 11.8. The fourth-order valence-electron chi connectivity index (χ4n) is 1.95. The van der Waals surface area contributed by atoms with Crippen LogP contribution < -0.4 is 10.6 Å². The molecular weight excluding hydrogens is 216 g/mol. The van der Waals surface area contributed by atoms with Crippen LogP contribution in [0.2, 0.25) is 0 Å². The molecule has 5 heteroatoms. The molecule has 1 fully saturated rings. The van der Waals surface area contributed by atoms with E-state index < -0.39 is 0 Å². The summed E-state index contributed by atoms with van der Waals surface area (Å²) >= 11 is 0. The zero-order valence-corrected chi connectivity index (χ0v) is 10.4. The van der Waals surface area contributed by atoms with E-state index in [9.17, 15) is 4.79 Å². The van der Waals surface area contributed by atoms with Crippen LogP contribution in [0.3, 0.4) is 0 Å². The molecule has 2 N–H and O–H groups in total. The molecule has 1 aromatic rings. The molecule has 1 amide bonds. The smallest absolute Gasteiger partial charge is 0.223 e. The molecule has 1 atom stereocenters. The third-order valence-corrected chi connectivity index (χ3v) is 3.38. The number of hydrogen-bond acceptors (Lipinski definition) is 3. The van der Waals surface area contributed by atoms with Crippen LogP contribution >= 0.6 is 0 Å². The second-order valence-corrected chi connectivity index (χ2v) is 4.73. The van der Waals surface area contributed by atoms with Gasteiger partial charge in [-0.05, 0) is 25.1 Å². The van der Waals surface area contributed by atoms with Gasteiger partial charge < -0.3 is 10.6 Å². The Bertz CT molecular complexity index is 384. The van der Waals surface area contributed by atoms with Gasteiger partial charge in [-0.25, -0.2) is 0 Å². The normalized spacial score (nSPS) is 17.5. The van der Waals surface area contributed by atoms with Gasteiger partial charge in [0.05, 0.1) is 5.69 Å². The molecule has 5 nitrogen and oxygen atoms in total. The van der Waals surface area contributed by atoms with Gasteiger partial charge in [-0.3, -0.25) is 9.48 Å². The number of carbonyl (C=O) groups excluding carboxylic acids is 1. The van der Waals surface area contributed by atoms with Crippen LogP contribution in [0.15, 0.2) is 12.3 Å². The lowest BCUT2D eigenvalue weighted by atomic mass is 9.88. The minimum Gasteiger partial charge on any atom is -0.355 e. The Morgan fingerprint density at radius 1 is 1.71 bits per heavy atom. The number of hydrogen-bond donors (Lipinski definition) is 2. The molecule has 94 valence electrons. The van der Waals surface area contributed by atoms with Crippen molar-refractivity contribution in [3.8, 4) is 0 Å². The first-order chi connectivity index (χ1) is 8.16. The molecule has 0 bridgehead atoms. The Morgan fingerprint density at radius 3 is 3.00 bits per heavy atom. The Balaban J connectivity index is 1.69. The van der Waals surface area contributed by atoms with Gasteiger partial charge in [0.15, 0.2) is 0 Å². The molecule has 17 heavy (non-hydrogen) atoms. The molecule has 0 spiro atoms. The van der Waals surface area contributed by atoms with E-state index in [1.165, 1.54) is 0 Å². The molecule has 1 aliphatic rings. The first-order valence-corrected chi connectivity index (χ1v) is 6.14. The summed E-state index contributed by atoms with van der Waals surface area (Å²) in [6.07, 6.45) is 2.71. The molecule has 0 aromatic carbocycles. The zero-order chi connectivity index (χ0) is 12.3. The predicted octanol–water partition coefficient (Wildman–Crippen LogP) is -0.0657. The quantitative estimate of drug-likeness (QED) is 0.752. The predicted molar refractivity (Wildman–Crippen MR) is 65.4 cm³/mol. The van der Waals surface area contributed by atoms with E-state index in [0.29, 0.717) is 12.5 Å². The van der Waals surface area contributed by atoms with Crippen LogP contribution in [0.25, 0.3) is 0 Å². The first kappa shape index (κ1) is 12.1. The average Bonchev–Trinajstić information content (AvgIpc) is 2.61. The van der Waals surface area contributed by atoms with Crippen molar-refractivity contribution >= 4 is 5.91 Å². The first-order valence-electron chi connectivity index (χ1n) is 6.14. The number of carbonyl (C=O) groups is 1. The van der Waals surface area contributed by atoms with Crippen molar-refractivity contribution in [1.82, 2.24) is 20.4 Å². The van der Waals surface area contributed by atoms with Crippen LogP contribution in [-0.4, -0.2) is 35.3 Å².